The van der Waals surface area contributed by atoms with Gasteiger partial charge in [0.05, 0.1) is 0 Å². The van der Waals surface area contributed by atoms with Crippen molar-refractivity contribution in [3.63, 3.8) is 0 Å². The Balaban J connectivity index is 3.29. The van der Waals surface area contributed by atoms with Crippen molar-refractivity contribution in [3.8, 4) is 0 Å². The van der Waals surface area contributed by atoms with Crippen LogP contribution in [0.2, 0.25) is 0 Å². The predicted octanol–water partition coefficient (Wildman–Crippen LogP) is 9.07. The molecule has 0 saturated carbocycles. The third-order valence-electron chi connectivity index (χ3n) is 5.51. The summed E-state index contributed by atoms with van der Waals surface area (Å²) < 4.78 is 0. The van der Waals surface area contributed by atoms with E-state index < -0.39 is 0 Å². The average Bonchev–Trinajstić information content (AvgIpc) is 2.57. The molecule has 0 saturated heterocycles. The van der Waals surface area contributed by atoms with Crippen molar-refractivity contribution in [2.45, 2.75) is 143 Å². The quantitative estimate of drug-likeness (QED) is 0.208. The van der Waals surface area contributed by atoms with Crippen molar-refractivity contribution < 1.29 is 0 Å². The number of hydrogen-bond donors (Lipinski definition) is 0. The molecule has 140 valence electrons. The fourth-order valence-corrected chi connectivity index (χ4v) is 3.69. The van der Waals surface area contributed by atoms with Crippen LogP contribution in [-0.2, 0) is 0 Å². The first-order valence-electron chi connectivity index (χ1n) is 11.3. The van der Waals surface area contributed by atoms with Crippen molar-refractivity contribution >= 4 is 0 Å². The van der Waals surface area contributed by atoms with Crippen molar-refractivity contribution in [1.82, 2.24) is 0 Å². The van der Waals surface area contributed by atoms with Crippen LogP contribution in [0.15, 0.2) is 0 Å². The normalized spacial score (nSPS) is 11.5. The molecule has 0 radical (unpaired) electrons. The Hall–Kier alpha value is 0. The van der Waals surface area contributed by atoms with Crippen molar-refractivity contribution in [2.24, 2.45) is 5.92 Å². The van der Waals surface area contributed by atoms with Crippen LogP contribution in [0.5, 0.6) is 0 Å². The van der Waals surface area contributed by atoms with Gasteiger partial charge in [0.15, 0.2) is 0 Å². The first kappa shape index (κ1) is 23.0. The van der Waals surface area contributed by atoms with Gasteiger partial charge >= 0.3 is 0 Å². The van der Waals surface area contributed by atoms with Crippen LogP contribution in [-0.4, -0.2) is 0 Å². The second-order valence-corrected chi connectivity index (χ2v) is 7.80. The molecule has 0 rings (SSSR count). The molecule has 0 nitrogen and oxygen atoms in total. The lowest BCUT2D eigenvalue weighted by molar-refractivity contribution is 0.392. The molecule has 0 fully saturated rings. The second-order valence-electron chi connectivity index (χ2n) is 7.80. The molecule has 0 bridgehead atoms. The van der Waals surface area contributed by atoms with E-state index in [1.165, 1.54) is 122 Å². The Morgan fingerprint density at radius 3 is 1.00 bits per heavy atom. The summed E-state index contributed by atoms with van der Waals surface area (Å²) in [6.07, 6.45) is 27.8. The first-order valence-corrected chi connectivity index (χ1v) is 11.3. The number of hydrogen-bond acceptors (Lipinski definition) is 0. The van der Waals surface area contributed by atoms with E-state index in [0.29, 0.717) is 0 Å². The van der Waals surface area contributed by atoms with Gasteiger partial charge in [-0.2, -0.15) is 0 Å². The number of rotatable bonds is 19. The summed E-state index contributed by atoms with van der Waals surface area (Å²) >= 11 is 0. The summed E-state index contributed by atoms with van der Waals surface area (Å²) in [5.74, 6) is 1.02. The smallest absolute Gasteiger partial charge is 0.0417 e. The highest BCUT2D eigenvalue weighted by molar-refractivity contribution is 4.59. The molecule has 0 spiro atoms. The first-order chi connectivity index (χ1) is 11.3. The van der Waals surface area contributed by atoms with Crippen LogP contribution in [0.4, 0.5) is 0 Å². The molecule has 23 heavy (non-hydrogen) atoms. The molecule has 0 aliphatic heterocycles. The summed E-state index contributed by atoms with van der Waals surface area (Å²) in [6, 6.07) is 0. The van der Waals surface area contributed by atoms with Crippen LogP contribution in [0.25, 0.3) is 0 Å². The molecule has 0 unspecified atom stereocenters. The van der Waals surface area contributed by atoms with Crippen LogP contribution in [0.3, 0.4) is 0 Å². The minimum atomic E-state index is 1.02. The Morgan fingerprint density at radius 2 is 0.696 bits per heavy atom. The molecule has 0 aromatic carbocycles. The molecule has 0 aromatic rings. The van der Waals surface area contributed by atoms with Gasteiger partial charge in [-0.3, -0.25) is 0 Å². The average molecular weight is 325 g/mol. The molecule has 0 atom stereocenters. The molecular formula is C23H48. The fourth-order valence-electron chi connectivity index (χ4n) is 3.69. The molecule has 0 heteroatoms. The molecular weight excluding hydrogens is 276 g/mol. The summed E-state index contributed by atoms with van der Waals surface area (Å²) in [7, 11) is 0. The third-order valence-corrected chi connectivity index (χ3v) is 5.51. The Labute approximate surface area is 149 Å². The Bertz CT molecular complexity index is 176. The molecule has 0 heterocycles. The summed E-state index contributed by atoms with van der Waals surface area (Å²) in [4.78, 5) is 0. The van der Waals surface area contributed by atoms with Gasteiger partial charge in [0.1, 0.15) is 0 Å². The maximum absolute atomic E-state index is 2.40. The molecule has 0 aromatic heterocycles. The predicted molar refractivity (Wildman–Crippen MR) is 108 cm³/mol. The largest absolute Gasteiger partial charge is 0.0654 e. The molecule has 0 amide bonds. The molecule has 0 aliphatic carbocycles. The minimum Gasteiger partial charge on any atom is -0.0654 e. The van der Waals surface area contributed by atoms with E-state index in [2.05, 4.69) is 20.8 Å². The van der Waals surface area contributed by atoms with Crippen LogP contribution >= 0.6 is 0 Å². The SMILES string of the molecule is CCCCCCCCCCC(CC)CCCCCCCCCC. The van der Waals surface area contributed by atoms with Crippen LogP contribution in [0, 0.1) is 5.92 Å². The molecule has 0 aliphatic rings. The van der Waals surface area contributed by atoms with Gasteiger partial charge in [-0.1, -0.05) is 143 Å². The zero-order valence-electron chi connectivity index (χ0n) is 17.0. The third kappa shape index (κ3) is 18.2. The lowest BCUT2D eigenvalue weighted by Crippen LogP contribution is -1.99. The van der Waals surface area contributed by atoms with E-state index in [1.54, 1.807) is 0 Å². The highest BCUT2D eigenvalue weighted by Crippen LogP contribution is 2.21. The summed E-state index contributed by atoms with van der Waals surface area (Å²) in [6.45, 7) is 7.01. The summed E-state index contributed by atoms with van der Waals surface area (Å²) in [5, 5.41) is 0. The number of unbranched alkanes of at least 4 members (excludes halogenated alkanes) is 14. The maximum atomic E-state index is 2.40. The van der Waals surface area contributed by atoms with Gasteiger partial charge in [0.2, 0.25) is 0 Å². The Kier molecular flexibility index (Phi) is 20.0. The highest BCUT2D eigenvalue weighted by Gasteiger charge is 2.05. The van der Waals surface area contributed by atoms with Crippen molar-refractivity contribution in [3.05, 3.63) is 0 Å². The maximum Gasteiger partial charge on any atom is -0.0417 e. The van der Waals surface area contributed by atoms with Crippen molar-refractivity contribution in [2.75, 3.05) is 0 Å². The van der Waals surface area contributed by atoms with Gasteiger partial charge in [-0.05, 0) is 5.92 Å². The van der Waals surface area contributed by atoms with E-state index in [-0.39, 0.29) is 0 Å². The lowest BCUT2D eigenvalue weighted by Gasteiger charge is -2.14. The monoisotopic (exact) mass is 324 g/mol. The Morgan fingerprint density at radius 1 is 0.391 bits per heavy atom. The van der Waals surface area contributed by atoms with Gasteiger partial charge in [-0.15, -0.1) is 0 Å². The van der Waals surface area contributed by atoms with E-state index in [1.807, 2.05) is 0 Å². The summed E-state index contributed by atoms with van der Waals surface area (Å²) in [5.41, 5.74) is 0. The zero-order valence-corrected chi connectivity index (χ0v) is 17.0. The zero-order chi connectivity index (χ0) is 17.0. The molecule has 0 N–H and O–H groups in total. The fraction of sp³-hybridized carbons (Fsp3) is 1.00. The van der Waals surface area contributed by atoms with E-state index >= 15 is 0 Å². The van der Waals surface area contributed by atoms with Crippen LogP contribution < -0.4 is 0 Å². The highest BCUT2D eigenvalue weighted by atomic mass is 14.1. The van der Waals surface area contributed by atoms with Crippen LogP contribution in [0.1, 0.15) is 143 Å². The van der Waals surface area contributed by atoms with Gasteiger partial charge in [0.25, 0.3) is 0 Å². The van der Waals surface area contributed by atoms with Gasteiger partial charge < -0.3 is 0 Å². The van der Waals surface area contributed by atoms with E-state index in [4.69, 9.17) is 0 Å². The van der Waals surface area contributed by atoms with Gasteiger partial charge in [-0.25, -0.2) is 0 Å². The van der Waals surface area contributed by atoms with Gasteiger partial charge in [0, 0.05) is 0 Å². The van der Waals surface area contributed by atoms with E-state index in [0.717, 1.165) is 5.92 Å². The van der Waals surface area contributed by atoms with E-state index in [9.17, 15) is 0 Å². The van der Waals surface area contributed by atoms with Crippen molar-refractivity contribution in [1.29, 1.82) is 0 Å². The lowest BCUT2D eigenvalue weighted by atomic mass is 9.92. The second kappa shape index (κ2) is 20.0. The standard InChI is InChI=1S/C23H48/c1-4-7-9-11-13-15-17-19-21-23(6-3)22-20-18-16-14-12-10-8-5-2/h23H,4-22H2,1-3H3. The topological polar surface area (TPSA) is 0 Å². The minimum absolute atomic E-state index is 1.02.